The van der Waals surface area contributed by atoms with Gasteiger partial charge in [-0.15, -0.1) is 0 Å². The first-order valence-electron chi connectivity index (χ1n) is 9.66. The van der Waals surface area contributed by atoms with E-state index in [2.05, 4.69) is 17.1 Å². The molecule has 33 heavy (non-hydrogen) atoms. The summed E-state index contributed by atoms with van der Waals surface area (Å²) in [6, 6.07) is 9.75. The minimum atomic E-state index is -3.82. The Morgan fingerprint density at radius 2 is 1.76 bits per heavy atom. The fourth-order valence-corrected chi connectivity index (χ4v) is 3.60. The number of carbonyl (C=O) groups excluding carboxylic acids is 1. The van der Waals surface area contributed by atoms with Gasteiger partial charge in [-0.1, -0.05) is 12.7 Å². The topological polar surface area (TPSA) is 116 Å². The molecular formula is C22H27N3O7S. The number of nitrogens with zero attached hydrogens (tertiary/aromatic N) is 2. The molecule has 0 aliphatic rings. The number of benzene rings is 2. The Hall–Kier alpha value is -3.73. The number of ether oxygens (including phenoxy) is 4. The highest BCUT2D eigenvalue weighted by molar-refractivity contribution is 7.92. The molecule has 2 aromatic carbocycles. The van der Waals surface area contributed by atoms with Gasteiger partial charge in [0.1, 0.15) is 24.7 Å². The molecule has 0 bridgehead atoms. The Morgan fingerprint density at radius 3 is 2.36 bits per heavy atom. The summed E-state index contributed by atoms with van der Waals surface area (Å²) < 4.78 is 46.9. The molecule has 11 heteroatoms. The van der Waals surface area contributed by atoms with Crippen LogP contribution >= 0.6 is 0 Å². The minimum absolute atomic E-state index is 0.165. The Kier molecular flexibility index (Phi) is 9.10. The van der Waals surface area contributed by atoms with E-state index in [0.29, 0.717) is 29.4 Å². The minimum Gasteiger partial charge on any atom is -0.497 e. The molecule has 0 unspecified atom stereocenters. The molecule has 178 valence electrons. The molecular weight excluding hydrogens is 450 g/mol. The number of rotatable bonds is 12. The predicted molar refractivity (Wildman–Crippen MR) is 126 cm³/mol. The third-order valence-corrected chi connectivity index (χ3v) is 5.42. The zero-order valence-electron chi connectivity index (χ0n) is 18.9. The van der Waals surface area contributed by atoms with Gasteiger partial charge >= 0.3 is 0 Å². The maximum atomic E-state index is 12.5. The maximum absolute atomic E-state index is 12.5. The van der Waals surface area contributed by atoms with Crippen molar-refractivity contribution in [2.75, 3.05) is 45.0 Å². The highest BCUT2D eigenvalue weighted by Crippen LogP contribution is 2.33. The zero-order valence-corrected chi connectivity index (χ0v) is 19.7. The summed E-state index contributed by atoms with van der Waals surface area (Å²) in [5, 5.41) is 3.90. The summed E-state index contributed by atoms with van der Waals surface area (Å²) in [5.41, 5.74) is 3.12. The van der Waals surface area contributed by atoms with Crippen LogP contribution in [0.4, 0.5) is 5.69 Å². The quantitative estimate of drug-likeness (QED) is 0.283. The number of carbonyl (C=O) groups is 1. The largest absolute Gasteiger partial charge is 0.497 e. The SMILES string of the molecule is C=CCOc1ccc(/C=N\NC(=O)CN(c2cc(OC)ccc2OC)S(C)(=O)=O)cc1OC. The monoisotopic (exact) mass is 477 g/mol. The summed E-state index contributed by atoms with van der Waals surface area (Å²) in [6.45, 7) is 3.41. The zero-order chi connectivity index (χ0) is 24.4. The van der Waals surface area contributed by atoms with Gasteiger partial charge in [0.2, 0.25) is 10.0 Å². The highest BCUT2D eigenvalue weighted by atomic mass is 32.2. The van der Waals surface area contributed by atoms with Crippen LogP contribution in [0.3, 0.4) is 0 Å². The van der Waals surface area contributed by atoms with Gasteiger partial charge in [-0.25, -0.2) is 13.8 Å². The summed E-state index contributed by atoms with van der Waals surface area (Å²) in [6.07, 6.45) is 4.00. The lowest BCUT2D eigenvalue weighted by atomic mass is 10.2. The average molecular weight is 478 g/mol. The Morgan fingerprint density at radius 1 is 1.06 bits per heavy atom. The third kappa shape index (κ3) is 7.14. The van der Waals surface area contributed by atoms with Gasteiger partial charge in [-0.2, -0.15) is 5.10 Å². The lowest BCUT2D eigenvalue weighted by Crippen LogP contribution is -2.39. The number of anilines is 1. The molecule has 0 aliphatic carbocycles. The molecule has 0 saturated carbocycles. The number of hydrazone groups is 1. The van der Waals surface area contributed by atoms with E-state index in [9.17, 15) is 13.2 Å². The molecule has 2 rings (SSSR count). The normalized spacial score (nSPS) is 11.0. The van der Waals surface area contributed by atoms with E-state index in [1.54, 1.807) is 36.4 Å². The lowest BCUT2D eigenvalue weighted by Gasteiger charge is -2.23. The van der Waals surface area contributed by atoms with E-state index in [4.69, 9.17) is 18.9 Å². The van der Waals surface area contributed by atoms with Crippen LogP contribution in [0.2, 0.25) is 0 Å². The van der Waals surface area contributed by atoms with Crippen LogP contribution in [0.15, 0.2) is 54.2 Å². The van der Waals surface area contributed by atoms with Crippen molar-refractivity contribution in [3.05, 3.63) is 54.6 Å². The molecule has 0 atom stereocenters. The van der Waals surface area contributed by atoms with Gasteiger partial charge in [0.15, 0.2) is 11.5 Å². The van der Waals surface area contributed by atoms with E-state index in [0.717, 1.165) is 10.6 Å². The fourth-order valence-electron chi connectivity index (χ4n) is 2.75. The van der Waals surface area contributed by atoms with Crippen molar-refractivity contribution < 1.29 is 32.2 Å². The molecule has 0 heterocycles. The average Bonchev–Trinajstić information content (AvgIpc) is 2.80. The molecule has 0 aromatic heterocycles. The van der Waals surface area contributed by atoms with Crippen molar-refractivity contribution in [1.29, 1.82) is 0 Å². The van der Waals surface area contributed by atoms with Crippen LogP contribution in [-0.2, 0) is 14.8 Å². The first-order chi connectivity index (χ1) is 15.7. The van der Waals surface area contributed by atoms with E-state index in [1.807, 2.05) is 0 Å². The van der Waals surface area contributed by atoms with Crippen LogP contribution in [0.5, 0.6) is 23.0 Å². The molecule has 0 fully saturated rings. The molecule has 1 N–H and O–H groups in total. The van der Waals surface area contributed by atoms with Gasteiger partial charge in [-0.3, -0.25) is 9.10 Å². The predicted octanol–water partition coefficient (Wildman–Crippen LogP) is 2.19. The molecule has 1 amide bonds. The second kappa shape index (κ2) is 11.8. The fraction of sp³-hybridized carbons (Fsp3) is 0.273. The standard InChI is InChI=1S/C22H27N3O7S/c1-6-11-32-20-9-7-16(12-21(20)31-4)14-23-24-22(26)15-25(33(5,27)28)18-13-17(29-2)8-10-19(18)30-3/h6-10,12-14H,1,11,15H2,2-5H3,(H,24,26)/b23-14-. The van der Waals surface area contributed by atoms with Gasteiger partial charge in [-0.05, 0) is 35.9 Å². The Bertz CT molecular complexity index is 1120. The number of hydrogen-bond acceptors (Lipinski definition) is 8. The van der Waals surface area contributed by atoms with Crippen LogP contribution in [0.1, 0.15) is 5.56 Å². The van der Waals surface area contributed by atoms with Gasteiger partial charge in [0, 0.05) is 6.07 Å². The van der Waals surface area contributed by atoms with Gasteiger partial charge < -0.3 is 18.9 Å². The molecule has 2 aromatic rings. The van der Waals surface area contributed by atoms with Crippen LogP contribution in [0.25, 0.3) is 0 Å². The number of amides is 1. The summed E-state index contributed by atoms with van der Waals surface area (Å²) in [4.78, 5) is 12.5. The molecule has 10 nitrogen and oxygen atoms in total. The second-order valence-corrected chi connectivity index (χ2v) is 8.52. The molecule has 0 aliphatic heterocycles. The van der Waals surface area contributed by atoms with E-state index in [-0.39, 0.29) is 11.4 Å². The lowest BCUT2D eigenvalue weighted by molar-refractivity contribution is -0.119. The molecule has 0 radical (unpaired) electrons. The van der Waals surface area contributed by atoms with Gasteiger partial charge in [0.05, 0.1) is 39.5 Å². The smallest absolute Gasteiger partial charge is 0.260 e. The Balaban J connectivity index is 2.16. The number of nitrogens with one attached hydrogen (secondary N) is 1. The van der Waals surface area contributed by atoms with Crippen LogP contribution in [0, 0.1) is 0 Å². The van der Waals surface area contributed by atoms with Crippen molar-refractivity contribution in [3.8, 4) is 23.0 Å². The summed E-state index contributed by atoms with van der Waals surface area (Å²) in [7, 11) is 0.534. The highest BCUT2D eigenvalue weighted by Gasteiger charge is 2.24. The van der Waals surface area contributed by atoms with E-state index >= 15 is 0 Å². The summed E-state index contributed by atoms with van der Waals surface area (Å²) >= 11 is 0. The van der Waals surface area contributed by atoms with Crippen molar-refractivity contribution in [2.24, 2.45) is 5.10 Å². The first-order valence-corrected chi connectivity index (χ1v) is 11.5. The third-order valence-electron chi connectivity index (χ3n) is 4.29. The molecule has 0 saturated heterocycles. The van der Waals surface area contributed by atoms with E-state index < -0.39 is 22.5 Å². The van der Waals surface area contributed by atoms with E-state index in [1.165, 1.54) is 33.6 Å². The van der Waals surface area contributed by atoms with Gasteiger partial charge in [0.25, 0.3) is 5.91 Å². The second-order valence-electron chi connectivity index (χ2n) is 6.61. The first kappa shape index (κ1) is 25.5. The number of methoxy groups -OCH3 is 3. The van der Waals surface area contributed by atoms with Crippen LogP contribution in [-0.4, -0.2) is 61.3 Å². The van der Waals surface area contributed by atoms with Crippen molar-refractivity contribution in [2.45, 2.75) is 0 Å². The Labute approximate surface area is 193 Å². The van der Waals surface area contributed by atoms with Crippen molar-refractivity contribution in [3.63, 3.8) is 0 Å². The molecule has 0 spiro atoms. The summed E-state index contributed by atoms with van der Waals surface area (Å²) in [5.74, 6) is 1.05. The van der Waals surface area contributed by atoms with Crippen molar-refractivity contribution in [1.82, 2.24) is 5.43 Å². The van der Waals surface area contributed by atoms with Crippen molar-refractivity contribution >= 4 is 27.8 Å². The number of hydrogen-bond donors (Lipinski definition) is 1. The van der Waals surface area contributed by atoms with Crippen LogP contribution < -0.4 is 28.7 Å². The maximum Gasteiger partial charge on any atom is 0.260 e. The number of sulfonamides is 1.